The number of hydrogen-bond acceptors (Lipinski definition) is 3. The number of halogens is 1. The number of amides is 1. The number of esters is 1. The monoisotopic (exact) mass is 396 g/mol. The molecular formula is C22H21ClN2O3. The Morgan fingerprint density at radius 2 is 1.71 bits per heavy atom. The summed E-state index contributed by atoms with van der Waals surface area (Å²) >= 11 is 6.01. The molecule has 1 heterocycles. The maximum Gasteiger partial charge on any atom is 0.340 e. The van der Waals surface area contributed by atoms with E-state index < -0.39 is 11.9 Å². The number of hydrogen-bond donors (Lipinski definition) is 1. The first-order chi connectivity index (χ1) is 13.5. The summed E-state index contributed by atoms with van der Waals surface area (Å²) in [5.41, 5.74) is 3.83. The van der Waals surface area contributed by atoms with Crippen molar-refractivity contribution in [2.24, 2.45) is 0 Å². The second kappa shape index (κ2) is 8.76. The minimum absolute atomic E-state index is 0.383. The molecule has 144 valence electrons. The predicted octanol–water partition coefficient (Wildman–Crippen LogP) is 4.60. The molecule has 0 fully saturated rings. The first-order valence-electron chi connectivity index (χ1n) is 8.88. The third kappa shape index (κ3) is 4.61. The van der Waals surface area contributed by atoms with Gasteiger partial charge in [-0.05, 0) is 37.6 Å². The second-order valence-corrected chi connectivity index (χ2v) is 6.87. The van der Waals surface area contributed by atoms with Crippen LogP contribution in [-0.4, -0.2) is 23.1 Å². The molecule has 3 rings (SSSR count). The van der Waals surface area contributed by atoms with Crippen molar-refractivity contribution < 1.29 is 14.3 Å². The van der Waals surface area contributed by atoms with E-state index in [2.05, 4.69) is 9.88 Å². The SMILES string of the molecule is Cc1cc(C(=O)OCC(=O)Nc2ccccc2Cl)c(C)n1Cc1ccccc1. The van der Waals surface area contributed by atoms with Crippen LogP contribution in [0.1, 0.15) is 27.3 Å². The lowest BCUT2D eigenvalue weighted by Gasteiger charge is -2.10. The van der Waals surface area contributed by atoms with Gasteiger partial charge in [0.05, 0.1) is 16.3 Å². The van der Waals surface area contributed by atoms with E-state index in [9.17, 15) is 9.59 Å². The van der Waals surface area contributed by atoms with E-state index in [1.165, 1.54) is 0 Å². The van der Waals surface area contributed by atoms with Crippen LogP contribution in [0.25, 0.3) is 0 Å². The molecule has 3 aromatic rings. The van der Waals surface area contributed by atoms with Crippen LogP contribution in [0, 0.1) is 13.8 Å². The number of para-hydroxylation sites is 1. The highest BCUT2D eigenvalue weighted by atomic mass is 35.5. The molecule has 0 saturated heterocycles. The van der Waals surface area contributed by atoms with Crippen molar-refractivity contribution in [3.63, 3.8) is 0 Å². The van der Waals surface area contributed by atoms with Crippen LogP contribution < -0.4 is 5.32 Å². The van der Waals surface area contributed by atoms with E-state index in [-0.39, 0.29) is 6.61 Å². The van der Waals surface area contributed by atoms with E-state index >= 15 is 0 Å². The standard InChI is InChI=1S/C22H21ClN2O3/c1-15-12-18(16(2)25(15)13-17-8-4-3-5-9-17)22(27)28-14-21(26)24-20-11-7-6-10-19(20)23/h3-12H,13-14H2,1-2H3,(H,24,26). The zero-order valence-corrected chi connectivity index (χ0v) is 16.5. The van der Waals surface area contributed by atoms with Gasteiger partial charge in [0.25, 0.3) is 5.91 Å². The Balaban J connectivity index is 1.64. The number of nitrogens with one attached hydrogen (secondary N) is 1. The summed E-state index contributed by atoms with van der Waals surface area (Å²) in [5, 5.41) is 3.05. The van der Waals surface area contributed by atoms with Crippen molar-refractivity contribution in [1.82, 2.24) is 4.57 Å². The van der Waals surface area contributed by atoms with Crippen LogP contribution in [-0.2, 0) is 16.1 Å². The lowest BCUT2D eigenvalue weighted by molar-refractivity contribution is -0.119. The highest BCUT2D eigenvalue weighted by molar-refractivity contribution is 6.33. The van der Waals surface area contributed by atoms with Crippen molar-refractivity contribution in [2.75, 3.05) is 11.9 Å². The van der Waals surface area contributed by atoms with Crippen molar-refractivity contribution in [3.8, 4) is 0 Å². The Bertz CT molecular complexity index is 996. The molecule has 0 aliphatic heterocycles. The molecular weight excluding hydrogens is 376 g/mol. The zero-order valence-electron chi connectivity index (χ0n) is 15.7. The van der Waals surface area contributed by atoms with Crippen molar-refractivity contribution in [2.45, 2.75) is 20.4 Å². The molecule has 0 unspecified atom stereocenters. The fourth-order valence-electron chi connectivity index (χ4n) is 2.97. The average Bonchev–Trinajstić information content (AvgIpc) is 2.97. The summed E-state index contributed by atoms with van der Waals surface area (Å²) in [7, 11) is 0. The smallest absolute Gasteiger partial charge is 0.340 e. The highest BCUT2D eigenvalue weighted by Gasteiger charge is 2.18. The normalized spacial score (nSPS) is 10.5. The first-order valence-corrected chi connectivity index (χ1v) is 9.25. The minimum atomic E-state index is -0.526. The van der Waals surface area contributed by atoms with Crippen molar-refractivity contribution in [1.29, 1.82) is 0 Å². The summed E-state index contributed by atoms with van der Waals surface area (Å²) in [4.78, 5) is 24.5. The van der Waals surface area contributed by atoms with E-state index in [0.29, 0.717) is 22.8 Å². The molecule has 0 aliphatic rings. The Hall–Kier alpha value is -3.05. The number of benzene rings is 2. The number of aromatic nitrogens is 1. The zero-order chi connectivity index (χ0) is 20.1. The molecule has 0 spiro atoms. The molecule has 1 amide bonds. The first kappa shape index (κ1) is 19.7. The van der Waals surface area contributed by atoms with Gasteiger partial charge in [-0.2, -0.15) is 0 Å². The van der Waals surface area contributed by atoms with Crippen molar-refractivity contribution in [3.05, 3.63) is 88.2 Å². The lowest BCUT2D eigenvalue weighted by atomic mass is 10.2. The van der Waals surface area contributed by atoms with Gasteiger partial charge in [0.15, 0.2) is 6.61 Å². The van der Waals surface area contributed by atoms with Crippen molar-refractivity contribution >= 4 is 29.2 Å². The summed E-state index contributed by atoms with van der Waals surface area (Å²) in [6.07, 6.45) is 0. The van der Waals surface area contributed by atoms with E-state index in [1.54, 1.807) is 30.3 Å². The highest BCUT2D eigenvalue weighted by Crippen LogP contribution is 2.21. The van der Waals surface area contributed by atoms with Gasteiger partial charge >= 0.3 is 5.97 Å². The van der Waals surface area contributed by atoms with Crippen LogP contribution in [0.5, 0.6) is 0 Å². The van der Waals surface area contributed by atoms with E-state index in [4.69, 9.17) is 16.3 Å². The molecule has 5 nitrogen and oxygen atoms in total. The molecule has 0 atom stereocenters. The maximum atomic E-state index is 12.5. The maximum absolute atomic E-state index is 12.5. The van der Waals surface area contributed by atoms with Gasteiger partial charge in [-0.3, -0.25) is 4.79 Å². The fourth-order valence-corrected chi connectivity index (χ4v) is 3.16. The Morgan fingerprint density at radius 3 is 2.43 bits per heavy atom. The summed E-state index contributed by atoms with van der Waals surface area (Å²) in [5.74, 6) is -0.971. The van der Waals surface area contributed by atoms with Crippen LogP contribution in [0.15, 0.2) is 60.7 Å². The summed E-state index contributed by atoms with van der Waals surface area (Å²) in [6, 6.07) is 18.7. The fraction of sp³-hybridized carbons (Fsp3) is 0.182. The third-order valence-corrected chi connectivity index (χ3v) is 4.79. The van der Waals surface area contributed by atoms with E-state index in [0.717, 1.165) is 17.0 Å². The summed E-state index contributed by atoms with van der Waals surface area (Å²) in [6.45, 7) is 4.10. The topological polar surface area (TPSA) is 60.3 Å². The molecule has 28 heavy (non-hydrogen) atoms. The molecule has 0 aliphatic carbocycles. The average molecular weight is 397 g/mol. The Labute approximate surface area is 168 Å². The molecule has 0 radical (unpaired) electrons. The Morgan fingerprint density at radius 1 is 1.04 bits per heavy atom. The lowest BCUT2D eigenvalue weighted by Crippen LogP contribution is -2.21. The number of carbonyl (C=O) groups is 2. The molecule has 2 aromatic carbocycles. The second-order valence-electron chi connectivity index (χ2n) is 6.46. The van der Waals surface area contributed by atoms with Gasteiger partial charge < -0.3 is 14.6 Å². The van der Waals surface area contributed by atoms with Gasteiger partial charge in [0, 0.05) is 17.9 Å². The van der Waals surface area contributed by atoms with Crippen LogP contribution >= 0.6 is 11.6 Å². The van der Waals surface area contributed by atoms with E-state index in [1.807, 2.05) is 44.2 Å². The number of ether oxygens (including phenoxy) is 1. The number of rotatable bonds is 6. The van der Waals surface area contributed by atoms with Gasteiger partial charge in [-0.25, -0.2) is 4.79 Å². The van der Waals surface area contributed by atoms with Crippen LogP contribution in [0.4, 0.5) is 5.69 Å². The molecule has 1 aromatic heterocycles. The number of nitrogens with zero attached hydrogens (tertiary/aromatic N) is 1. The number of aryl methyl sites for hydroxylation is 1. The number of anilines is 1. The van der Waals surface area contributed by atoms with Gasteiger partial charge in [-0.1, -0.05) is 54.1 Å². The quantitative estimate of drug-likeness (QED) is 0.619. The van der Waals surface area contributed by atoms with Crippen LogP contribution in [0.3, 0.4) is 0 Å². The molecule has 6 heteroatoms. The summed E-state index contributed by atoms with van der Waals surface area (Å²) < 4.78 is 7.25. The Kier molecular flexibility index (Phi) is 6.16. The predicted molar refractivity (Wildman–Crippen MR) is 110 cm³/mol. The third-order valence-electron chi connectivity index (χ3n) is 4.46. The minimum Gasteiger partial charge on any atom is -0.452 e. The number of carbonyl (C=O) groups excluding carboxylic acids is 2. The largest absolute Gasteiger partial charge is 0.452 e. The molecule has 0 bridgehead atoms. The van der Waals surface area contributed by atoms with Gasteiger partial charge in [-0.15, -0.1) is 0 Å². The van der Waals surface area contributed by atoms with Crippen LogP contribution in [0.2, 0.25) is 5.02 Å². The molecule has 1 N–H and O–H groups in total. The van der Waals surface area contributed by atoms with Gasteiger partial charge in [0.2, 0.25) is 0 Å². The molecule has 0 saturated carbocycles. The van der Waals surface area contributed by atoms with Gasteiger partial charge in [0.1, 0.15) is 0 Å².